The molecule has 1 aliphatic heterocycles. The summed E-state index contributed by atoms with van der Waals surface area (Å²) in [6, 6.07) is 2.24. The molecule has 4 rings (SSSR count). The molecule has 8 heteroatoms. The number of allylic oxidation sites excluding steroid dienone is 1. The van der Waals surface area contributed by atoms with Crippen molar-refractivity contribution >= 4 is 39.5 Å². The second-order valence-corrected chi connectivity index (χ2v) is 6.65. The van der Waals surface area contributed by atoms with Gasteiger partial charge in [-0.15, -0.1) is 21.5 Å². The van der Waals surface area contributed by atoms with E-state index in [1.807, 2.05) is 16.0 Å². The van der Waals surface area contributed by atoms with Gasteiger partial charge in [0.1, 0.15) is 11.9 Å². The Hall–Kier alpha value is -2.17. The fourth-order valence-corrected chi connectivity index (χ4v) is 3.87. The maximum atomic E-state index is 9.61. The quantitative estimate of drug-likeness (QED) is 0.668. The first-order chi connectivity index (χ1) is 11.3. The van der Waals surface area contributed by atoms with Crippen molar-refractivity contribution in [3.8, 4) is 6.07 Å². The van der Waals surface area contributed by atoms with E-state index in [2.05, 4.69) is 25.8 Å². The Labute approximate surface area is 141 Å². The number of imidazole rings is 1. The highest BCUT2D eigenvalue weighted by Gasteiger charge is 2.19. The molecule has 0 aliphatic carbocycles. The molecule has 4 heterocycles. The number of hydrogen-bond acceptors (Lipinski definition) is 5. The molecule has 0 saturated heterocycles. The van der Waals surface area contributed by atoms with Gasteiger partial charge in [-0.2, -0.15) is 5.26 Å². The summed E-state index contributed by atoms with van der Waals surface area (Å²) in [7, 11) is 0. The average molecular weight is 345 g/mol. The van der Waals surface area contributed by atoms with Crippen LogP contribution < -0.4 is 0 Å². The lowest BCUT2D eigenvalue weighted by atomic mass is 10.2. The van der Waals surface area contributed by atoms with Crippen molar-refractivity contribution in [1.82, 2.24) is 24.1 Å². The van der Waals surface area contributed by atoms with Crippen LogP contribution in [0.5, 0.6) is 0 Å². The van der Waals surface area contributed by atoms with E-state index in [0.29, 0.717) is 22.2 Å². The summed E-state index contributed by atoms with van der Waals surface area (Å²) in [6.45, 7) is 0.852. The number of fused-ring (bicyclic) bond motifs is 2. The molecule has 0 amide bonds. The summed E-state index contributed by atoms with van der Waals surface area (Å²) in [6.07, 6.45) is 7.93. The Balaban J connectivity index is 1.83. The summed E-state index contributed by atoms with van der Waals surface area (Å²) in [5, 5.41) is 20.4. The van der Waals surface area contributed by atoms with Crippen LogP contribution in [0.4, 0.5) is 0 Å². The fourth-order valence-electron chi connectivity index (χ4n) is 2.87. The van der Waals surface area contributed by atoms with Crippen LogP contribution in [-0.2, 0) is 13.0 Å². The second-order valence-electron chi connectivity index (χ2n) is 5.42. The number of thiazole rings is 1. The van der Waals surface area contributed by atoms with Crippen LogP contribution in [0.15, 0.2) is 11.6 Å². The van der Waals surface area contributed by atoms with Gasteiger partial charge in [0.2, 0.25) is 0 Å². The summed E-state index contributed by atoms with van der Waals surface area (Å²) in [4.78, 5) is 5.10. The molecule has 1 aliphatic rings. The molecule has 6 nitrogen and oxygen atoms in total. The van der Waals surface area contributed by atoms with E-state index in [9.17, 15) is 5.26 Å². The van der Waals surface area contributed by atoms with Gasteiger partial charge in [0.15, 0.2) is 15.9 Å². The summed E-state index contributed by atoms with van der Waals surface area (Å²) in [5.41, 5.74) is 1.16. The number of rotatable bonds is 2. The molecular weight excluding hydrogens is 332 g/mol. The lowest BCUT2D eigenvalue weighted by Crippen LogP contribution is -2.05. The highest BCUT2D eigenvalue weighted by atomic mass is 35.5. The van der Waals surface area contributed by atoms with Crippen LogP contribution >= 0.6 is 22.9 Å². The topological polar surface area (TPSA) is 71.8 Å². The van der Waals surface area contributed by atoms with E-state index in [0.717, 1.165) is 36.6 Å². The Morgan fingerprint density at radius 1 is 1.35 bits per heavy atom. The summed E-state index contributed by atoms with van der Waals surface area (Å²) < 4.78 is 3.94. The molecule has 0 unspecified atom stereocenters. The van der Waals surface area contributed by atoms with Crippen molar-refractivity contribution in [2.75, 3.05) is 0 Å². The van der Waals surface area contributed by atoms with Crippen LogP contribution in [0.25, 0.3) is 16.6 Å². The van der Waals surface area contributed by atoms with E-state index >= 15 is 0 Å². The van der Waals surface area contributed by atoms with Crippen molar-refractivity contribution in [3.05, 3.63) is 34.1 Å². The van der Waals surface area contributed by atoms with Crippen molar-refractivity contribution in [2.24, 2.45) is 0 Å². The third-order valence-electron chi connectivity index (χ3n) is 4.01. The van der Waals surface area contributed by atoms with Gasteiger partial charge in [-0.3, -0.25) is 4.40 Å². The largest absolute Gasteiger partial charge is 0.310 e. The predicted octanol–water partition coefficient (Wildman–Crippen LogP) is 3.43. The van der Waals surface area contributed by atoms with Gasteiger partial charge in [0, 0.05) is 24.5 Å². The van der Waals surface area contributed by atoms with Gasteiger partial charge < -0.3 is 4.57 Å². The fraction of sp³-hybridized carbons (Fsp3) is 0.333. The first-order valence-electron chi connectivity index (χ1n) is 7.43. The molecule has 3 aromatic rings. The highest BCUT2D eigenvalue weighted by molar-refractivity contribution is 7.15. The minimum absolute atomic E-state index is 0.389. The lowest BCUT2D eigenvalue weighted by Gasteiger charge is -2.05. The molecule has 0 aromatic carbocycles. The zero-order valence-electron chi connectivity index (χ0n) is 12.2. The first-order valence-corrected chi connectivity index (χ1v) is 8.69. The van der Waals surface area contributed by atoms with Crippen molar-refractivity contribution in [2.45, 2.75) is 32.2 Å². The molecule has 23 heavy (non-hydrogen) atoms. The molecule has 0 N–H and O–H groups in total. The molecule has 0 saturated carbocycles. The van der Waals surface area contributed by atoms with Gasteiger partial charge in [0.25, 0.3) is 0 Å². The number of aromatic nitrogens is 5. The van der Waals surface area contributed by atoms with E-state index in [4.69, 9.17) is 11.6 Å². The number of aryl methyl sites for hydroxylation is 1. The lowest BCUT2D eigenvalue weighted by molar-refractivity contribution is 0.627. The van der Waals surface area contributed by atoms with Gasteiger partial charge in [-0.05, 0) is 18.9 Å². The molecule has 0 fully saturated rings. The minimum Gasteiger partial charge on any atom is -0.310 e. The second kappa shape index (κ2) is 5.80. The smallest absolute Gasteiger partial charge is 0.195 e. The SMILES string of the molecule is N#C/C(=C\c1c(Cl)nc2sccn12)c1nnc2n1CCCCC2. The van der Waals surface area contributed by atoms with Crippen LogP contribution in [0.2, 0.25) is 5.15 Å². The molecule has 0 spiro atoms. The normalized spacial score (nSPS) is 15.4. The first kappa shape index (κ1) is 14.4. The number of nitrogens with zero attached hydrogens (tertiary/aromatic N) is 6. The Morgan fingerprint density at radius 2 is 2.26 bits per heavy atom. The van der Waals surface area contributed by atoms with E-state index in [-0.39, 0.29) is 0 Å². The predicted molar refractivity (Wildman–Crippen MR) is 89.1 cm³/mol. The van der Waals surface area contributed by atoms with Gasteiger partial charge in [0.05, 0.1) is 11.3 Å². The monoisotopic (exact) mass is 344 g/mol. The summed E-state index contributed by atoms with van der Waals surface area (Å²) in [5.74, 6) is 1.57. The Bertz CT molecular complexity index is 941. The van der Waals surface area contributed by atoms with Gasteiger partial charge >= 0.3 is 0 Å². The van der Waals surface area contributed by atoms with Crippen LogP contribution in [0, 0.1) is 11.3 Å². The molecular formula is C15H13ClN6S. The zero-order valence-corrected chi connectivity index (χ0v) is 13.8. The molecule has 116 valence electrons. The van der Waals surface area contributed by atoms with E-state index in [1.165, 1.54) is 17.8 Å². The van der Waals surface area contributed by atoms with Crippen molar-refractivity contribution in [3.63, 3.8) is 0 Å². The van der Waals surface area contributed by atoms with E-state index in [1.54, 1.807) is 6.08 Å². The molecule has 3 aromatic heterocycles. The number of halogens is 1. The number of hydrogen-bond donors (Lipinski definition) is 0. The molecule has 0 bridgehead atoms. The third-order valence-corrected chi connectivity index (χ3v) is 5.04. The van der Waals surface area contributed by atoms with Crippen LogP contribution in [0.1, 0.15) is 36.6 Å². The zero-order chi connectivity index (χ0) is 15.8. The Morgan fingerprint density at radius 3 is 3.13 bits per heavy atom. The van der Waals surface area contributed by atoms with E-state index < -0.39 is 0 Å². The highest BCUT2D eigenvalue weighted by Crippen LogP contribution is 2.26. The third kappa shape index (κ3) is 2.44. The standard InChI is InChI=1S/C15H13ClN6S/c16-13-11(21-6-7-23-15(21)18-13)8-10(9-17)14-20-19-12-4-2-1-3-5-22(12)14/h6-8H,1-5H2/b10-8+. The maximum Gasteiger partial charge on any atom is 0.195 e. The number of nitriles is 1. The summed E-state index contributed by atoms with van der Waals surface area (Å²) >= 11 is 7.72. The maximum absolute atomic E-state index is 9.61. The van der Waals surface area contributed by atoms with Gasteiger partial charge in [-0.25, -0.2) is 4.98 Å². The Kier molecular flexibility index (Phi) is 3.63. The molecule has 0 atom stereocenters. The van der Waals surface area contributed by atoms with Crippen molar-refractivity contribution < 1.29 is 0 Å². The van der Waals surface area contributed by atoms with Crippen LogP contribution in [0.3, 0.4) is 0 Å². The minimum atomic E-state index is 0.389. The average Bonchev–Trinajstić information content (AvgIpc) is 3.17. The van der Waals surface area contributed by atoms with Gasteiger partial charge in [-0.1, -0.05) is 18.0 Å². The van der Waals surface area contributed by atoms with Crippen LogP contribution in [-0.4, -0.2) is 24.1 Å². The molecule has 0 radical (unpaired) electrons. The van der Waals surface area contributed by atoms with Crippen molar-refractivity contribution in [1.29, 1.82) is 5.26 Å².